The summed E-state index contributed by atoms with van der Waals surface area (Å²) in [5, 5.41) is 0. The number of methoxy groups -OCH3 is 1. The molecule has 49 heavy (non-hydrogen) atoms. The van der Waals surface area contributed by atoms with Gasteiger partial charge in [-0.05, 0) is 178 Å². The monoisotopic (exact) mass is 689 g/mol. The molecule has 0 bridgehead atoms. The van der Waals surface area contributed by atoms with Crippen molar-refractivity contribution >= 4 is 0 Å². The molecule has 4 heterocycles. The molecule has 4 aliphatic heterocycles. The molecule has 6 nitrogen and oxygen atoms in total. The van der Waals surface area contributed by atoms with Crippen LogP contribution in [0.5, 0.6) is 0 Å². The predicted octanol–water partition coefficient (Wildman–Crippen LogP) is 8.69. The molecule has 6 aliphatic rings. The van der Waals surface area contributed by atoms with E-state index in [9.17, 15) is 0 Å². The van der Waals surface area contributed by atoms with Gasteiger partial charge >= 0.3 is 0 Å². The summed E-state index contributed by atoms with van der Waals surface area (Å²) in [6.45, 7) is 33.7. The van der Waals surface area contributed by atoms with E-state index in [2.05, 4.69) is 61.1 Å². The Morgan fingerprint density at radius 2 is 0.980 bits per heavy atom. The van der Waals surface area contributed by atoms with E-state index in [0.29, 0.717) is 29.1 Å². The topological polar surface area (TPSA) is 31.4 Å². The van der Waals surface area contributed by atoms with Crippen molar-refractivity contribution in [2.45, 2.75) is 157 Å². The molecule has 0 aromatic heterocycles. The molecule has 0 N–H and O–H groups in total. The van der Waals surface area contributed by atoms with E-state index in [4.69, 9.17) is 9.47 Å². The van der Waals surface area contributed by atoms with Gasteiger partial charge < -0.3 is 29.1 Å². The maximum atomic E-state index is 5.99. The van der Waals surface area contributed by atoms with Crippen molar-refractivity contribution in [3.05, 3.63) is 0 Å². The molecular formula is C43H84N4O2. The van der Waals surface area contributed by atoms with Crippen molar-refractivity contribution < 1.29 is 9.47 Å². The van der Waals surface area contributed by atoms with Crippen molar-refractivity contribution in [3.8, 4) is 0 Å². The first-order valence-corrected chi connectivity index (χ1v) is 21.6. The molecule has 288 valence electrons. The Labute approximate surface area is 305 Å². The van der Waals surface area contributed by atoms with E-state index in [1.165, 1.54) is 162 Å². The number of hydrogen-bond acceptors (Lipinski definition) is 6. The minimum atomic E-state index is 0.397. The van der Waals surface area contributed by atoms with Gasteiger partial charge in [0.1, 0.15) is 0 Å². The zero-order valence-electron chi connectivity index (χ0n) is 34.3. The first-order chi connectivity index (χ1) is 23.6. The minimum absolute atomic E-state index is 0.397. The van der Waals surface area contributed by atoms with E-state index in [0.717, 1.165) is 23.7 Å². The lowest BCUT2D eigenvalue weighted by Crippen LogP contribution is -2.51. The molecule has 6 rings (SSSR count). The summed E-state index contributed by atoms with van der Waals surface area (Å²) in [5.74, 6) is 3.57. The second kappa shape index (κ2) is 20.3. The highest BCUT2D eigenvalue weighted by Crippen LogP contribution is 2.51. The Hall–Kier alpha value is -0.240. The van der Waals surface area contributed by atoms with Gasteiger partial charge in [-0.2, -0.15) is 0 Å². The summed E-state index contributed by atoms with van der Waals surface area (Å²) in [5.41, 5.74) is 1.31. The Morgan fingerprint density at radius 1 is 0.571 bits per heavy atom. The average molecular weight is 689 g/mol. The lowest BCUT2D eigenvalue weighted by Gasteiger charge is -2.52. The molecule has 2 spiro atoms. The smallest absolute Gasteiger partial charge is 0.0589 e. The fourth-order valence-corrected chi connectivity index (χ4v) is 10.2. The van der Waals surface area contributed by atoms with Crippen molar-refractivity contribution in [2.24, 2.45) is 34.5 Å². The molecular weight excluding hydrogens is 604 g/mol. The van der Waals surface area contributed by atoms with E-state index < -0.39 is 0 Å². The summed E-state index contributed by atoms with van der Waals surface area (Å²) in [6, 6.07) is 0. The average Bonchev–Trinajstić information content (AvgIpc) is 3.07. The third kappa shape index (κ3) is 13.0. The summed E-state index contributed by atoms with van der Waals surface area (Å²) < 4.78 is 11.5. The van der Waals surface area contributed by atoms with Gasteiger partial charge in [-0.1, -0.05) is 48.0 Å². The van der Waals surface area contributed by atoms with E-state index >= 15 is 0 Å². The van der Waals surface area contributed by atoms with Crippen molar-refractivity contribution in [3.63, 3.8) is 0 Å². The molecule has 1 atom stereocenters. The lowest BCUT2D eigenvalue weighted by molar-refractivity contribution is -0.124. The Kier molecular flexibility index (Phi) is 17.2. The molecule has 0 aromatic rings. The normalized spacial score (nSPS) is 28.1. The maximum Gasteiger partial charge on any atom is 0.0589 e. The van der Waals surface area contributed by atoms with Crippen LogP contribution in [0.3, 0.4) is 0 Å². The van der Waals surface area contributed by atoms with Crippen LogP contribution in [-0.4, -0.2) is 124 Å². The van der Waals surface area contributed by atoms with Crippen molar-refractivity contribution in [1.29, 1.82) is 0 Å². The van der Waals surface area contributed by atoms with Crippen LogP contribution in [0.4, 0.5) is 0 Å². The zero-order chi connectivity index (χ0) is 35.4. The van der Waals surface area contributed by atoms with Gasteiger partial charge in [-0.3, -0.25) is 0 Å². The second-order valence-corrected chi connectivity index (χ2v) is 18.5. The van der Waals surface area contributed by atoms with Gasteiger partial charge in [0.05, 0.1) is 18.3 Å². The predicted molar refractivity (Wildman–Crippen MR) is 209 cm³/mol. The van der Waals surface area contributed by atoms with Crippen LogP contribution in [0.1, 0.15) is 139 Å². The van der Waals surface area contributed by atoms with Gasteiger partial charge in [-0.15, -0.1) is 0 Å². The van der Waals surface area contributed by atoms with Gasteiger partial charge in [0, 0.05) is 33.3 Å². The third-order valence-electron chi connectivity index (χ3n) is 13.6. The Balaban J connectivity index is 0.000000212. The van der Waals surface area contributed by atoms with Crippen LogP contribution in [-0.2, 0) is 9.47 Å². The number of ether oxygens (including phenoxy) is 2. The van der Waals surface area contributed by atoms with Crippen LogP contribution in [0.15, 0.2) is 0 Å². The van der Waals surface area contributed by atoms with Crippen molar-refractivity contribution in [2.75, 3.05) is 85.6 Å². The van der Waals surface area contributed by atoms with Gasteiger partial charge in [0.2, 0.25) is 0 Å². The highest BCUT2D eigenvalue weighted by atomic mass is 16.5. The van der Waals surface area contributed by atoms with Crippen LogP contribution in [0, 0.1) is 34.5 Å². The molecule has 6 fully saturated rings. The number of piperidine rings is 4. The van der Waals surface area contributed by atoms with Gasteiger partial charge in [-0.25, -0.2) is 0 Å². The number of likely N-dealkylation sites (tertiary alicyclic amines) is 4. The summed E-state index contributed by atoms with van der Waals surface area (Å²) >= 11 is 0. The lowest BCUT2D eigenvalue weighted by atomic mass is 9.61. The second-order valence-electron chi connectivity index (χ2n) is 18.5. The Bertz CT molecular complexity index is 864. The van der Waals surface area contributed by atoms with Crippen LogP contribution in [0.25, 0.3) is 0 Å². The van der Waals surface area contributed by atoms with Crippen molar-refractivity contribution in [1.82, 2.24) is 19.6 Å². The first-order valence-electron chi connectivity index (χ1n) is 21.6. The number of nitrogens with zero attached hydrogens (tertiary/aromatic N) is 4. The van der Waals surface area contributed by atoms with E-state index in [1.54, 1.807) is 0 Å². The number of hydrogen-bond donors (Lipinski definition) is 0. The van der Waals surface area contributed by atoms with Crippen LogP contribution >= 0.6 is 0 Å². The molecule has 1 unspecified atom stereocenters. The zero-order valence-corrected chi connectivity index (χ0v) is 34.3. The van der Waals surface area contributed by atoms with Crippen LogP contribution < -0.4 is 0 Å². The summed E-state index contributed by atoms with van der Waals surface area (Å²) in [4.78, 5) is 10.9. The Morgan fingerprint density at radius 3 is 1.35 bits per heavy atom. The van der Waals surface area contributed by atoms with Crippen LogP contribution in [0.2, 0.25) is 0 Å². The summed E-state index contributed by atoms with van der Waals surface area (Å²) in [7, 11) is 1.87. The van der Waals surface area contributed by atoms with E-state index in [1.807, 2.05) is 21.0 Å². The molecule has 2 saturated carbocycles. The third-order valence-corrected chi connectivity index (χ3v) is 13.6. The van der Waals surface area contributed by atoms with Gasteiger partial charge in [0.25, 0.3) is 0 Å². The molecule has 6 heteroatoms. The molecule has 0 amide bonds. The highest BCUT2D eigenvalue weighted by molar-refractivity contribution is 4.99. The maximum absolute atomic E-state index is 5.99. The molecule has 4 saturated heterocycles. The summed E-state index contributed by atoms with van der Waals surface area (Å²) in [6.07, 6.45) is 19.5. The largest absolute Gasteiger partial charge is 0.381 e. The highest BCUT2D eigenvalue weighted by Gasteiger charge is 2.47. The minimum Gasteiger partial charge on any atom is -0.381 e. The molecule has 0 radical (unpaired) electrons. The van der Waals surface area contributed by atoms with Gasteiger partial charge in [0.15, 0.2) is 0 Å². The molecule has 0 aromatic carbocycles. The fourth-order valence-electron chi connectivity index (χ4n) is 10.2. The SMILES string of the molecule is CC.CCC(C)CN1CCC(CN2CCC3(CC2)CC(OC(C)C)C3)CC1.COC1CC2(CCN(CC3CCN(CC(C)C)CC3)CC2)C1. The fraction of sp³-hybridized carbons (Fsp3) is 1.00. The molecule has 2 aliphatic carbocycles. The number of rotatable bonds is 12. The standard InChI is InChI=1S/C22H42N2O.C19H36N2O.C2H6/c1-5-19(4)16-23-10-6-20(7-11-23)17-24-12-8-22(9-13-24)14-21(15-22)25-18(2)3;1-16(2)14-20-8-4-17(5-9-20)15-21-10-6-19(7-11-21)12-18(13-19)22-3;1-2/h18-21H,5-17H2,1-4H3;16-18H,4-15H2,1-3H3;1-2H3. The quantitative estimate of drug-likeness (QED) is 0.204. The first kappa shape index (κ1) is 41.5. The van der Waals surface area contributed by atoms with E-state index in [-0.39, 0.29) is 0 Å².